The molecule has 0 heterocycles. The van der Waals surface area contributed by atoms with E-state index in [-0.39, 0.29) is 18.4 Å². The van der Waals surface area contributed by atoms with Gasteiger partial charge >= 0.3 is 0 Å². The van der Waals surface area contributed by atoms with Gasteiger partial charge in [-0.1, -0.05) is 6.92 Å². The Morgan fingerprint density at radius 3 is 2.05 bits per heavy atom. The zero-order chi connectivity index (χ0) is 15.0. The summed E-state index contributed by atoms with van der Waals surface area (Å²) in [5.41, 5.74) is 1.62. The van der Waals surface area contributed by atoms with E-state index >= 15 is 0 Å². The van der Waals surface area contributed by atoms with Gasteiger partial charge in [0.05, 0.1) is 6.54 Å². The normalized spacial score (nSPS) is 9.95. The first-order valence-corrected chi connectivity index (χ1v) is 7.02. The summed E-state index contributed by atoms with van der Waals surface area (Å²) in [4.78, 5) is 24.9. The van der Waals surface area contributed by atoms with Crippen LogP contribution in [0.2, 0.25) is 0 Å². The van der Waals surface area contributed by atoms with Crippen LogP contribution >= 0.6 is 0 Å². The van der Waals surface area contributed by atoms with E-state index in [1.165, 1.54) is 0 Å². The average Bonchev–Trinajstić information content (AvgIpc) is 2.47. The van der Waals surface area contributed by atoms with Crippen molar-refractivity contribution in [2.45, 2.75) is 27.2 Å². The monoisotopic (exact) mass is 277 g/mol. The van der Waals surface area contributed by atoms with Gasteiger partial charge in [0, 0.05) is 30.9 Å². The lowest BCUT2D eigenvalue weighted by Gasteiger charge is -2.19. The van der Waals surface area contributed by atoms with Crippen LogP contribution in [0.4, 0.5) is 11.4 Å². The van der Waals surface area contributed by atoms with Crippen molar-refractivity contribution in [2.75, 3.05) is 30.3 Å². The summed E-state index contributed by atoms with van der Waals surface area (Å²) in [6.07, 6.45) is 0.457. The highest BCUT2D eigenvalue weighted by Crippen LogP contribution is 2.13. The summed E-state index contributed by atoms with van der Waals surface area (Å²) < 4.78 is 0. The average molecular weight is 277 g/mol. The molecule has 0 bridgehead atoms. The molecule has 0 saturated carbocycles. The number of anilines is 2. The van der Waals surface area contributed by atoms with Gasteiger partial charge in [-0.3, -0.25) is 9.59 Å². The van der Waals surface area contributed by atoms with Gasteiger partial charge in [0.25, 0.3) is 0 Å². The predicted molar refractivity (Wildman–Crippen MR) is 81.8 cm³/mol. The Morgan fingerprint density at radius 2 is 1.55 bits per heavy atom. The number of hydrogen-bond donors (Lipinski definition) is 2. The number of carbonyl (C=O) groups is 2. The van der Waals surface area contributed by atoms with Crippen LogP contribution in [-0.2, 0) is 9.59 Å². The Kier molecular flexibility index (Phi) is 6.56. The predicted octanol–water partition coefficient (Wildman–Crippen LogP) is 2.32. The van der Waals surface area contributed by atoms with Crippen molar-refractivity contribution in [3.05, 3.63) is 24.3 Å². The molecule has 110 valence electrons. The quantitative estimate of drug-likeness (QED) is 0.804. The Hall–Kier alpha value is -2.04. The summed E-state index contributed by atoms with van der Waals surface area (Å²) in [6.45, 7) is 7.46. The van der Waals surface area contributed by atoms with Crippen LogP contribution in [0.3, 0.4) is 0 Å². The van der Waals surface area contributed by atoms with Gasteiger partial charge in [-0.15, -0.1) is 0 Å². The third-order valence-electron chi connectivity index (χ3n) is 3.05. The molecule has 1 rings (SSSR count). The Bertz CT molecular complexity index is 439. The lowest BCUT2D eigenvalue weighted by molar-refractivity contribution is -0.128. The maximum atomic E-state index is 11.8. The van der Waals surface area contributed by atoms with Crippen LogP contribution in [0, 0.1) is 0 Å². The number of likely N-dealkylation sites (N-methyl/N-ethyl adjacent to an activating group) is 1. The van der Waals surface area contributed by atoms with E-state index < -0.39 is 0 Å². The Morgan fingerprint density at radius 1 is 1.00 bits per heavy atom. The number of rotatable bonds is 7. The zero-order valence-electron chi connectivity index (χ0n) is 12.4. The van der Waals surface area contributed by atoms with E-state index in [9.17, 15) is 9.59 Å². The Balaban J connectivity index is 2.49. The molecule has 0 saturated heterocycles. The van der Waals surface area contributed by atoms with Crippen molar-refractivity contribution in [3.8, 4) is 0 Å². The van der Waals surface area contributed by atoms with Gasteiger partial charge in [-0.2, -0.15) is 0 Å². The van der Waals surface area contributed by atoms with Crippen molar-refractivity contribution in [1.29, 1.82) is 0 Å². The van der Waals surface area contributed by atoms with Crippen LogP contribution in [-0.4, -0.2) is 36.3 Å². The number of nitrogens with one attached hydrogen (secondary N) is 2. The van der Waals surface area contributed by atoms with Gasteiger partial charge in [0.2, 0.25) is 11.8 Å². The smallest absolute Gasteiger partial charge is 0.241 e. The van der Waals surface area contributed by atoms with Gasteiger partial charge < -0.3 is 15.5 Å². The highest BCUT2D eigenvalue weighted by atomic mass is 16.2. The molecular formula is C15H23N3O2. The number of amides is 2. The van der Waals surface area contributed by atoms with Crippen LogP contribution in [0.1, 0.15) is 27.2 Å². The van der Waals surface area contributed by atoms with Gasteiger partial charge in [-0.05, 0) is 38.1 Å². The number of hydrogen-bond acceptors (Lipinski definition) is 3. The highest BCUT2D eigenvalue weighted by molar-refractivity contribution is 5.90. The van der Waals surface area contributed by atoms with Crippen molar-refractivity contribution in [1.82, 2.24) is 4.90 Å². The molecule has 20 heavy (non-hydrogen) atoms. The molecule has 0 aliphatic rings. The molecule has 0 spiro atoms. The molecule has 1 aromatic rings. The van der Waals surface area contributed by atoms with E-state index in [1.54, 1.807) is 4.90 Å². The SMILES string of the molecule is CCC(=O)Nc1ccc(NCC(=O)N(CC)CC)cc1. The summed E-state index contributed by atoms with van der Waals surface area (Å²) in [7, 11) is 0. The highest BCUT2D eigenvalue weighted by Gasteiger charge is 2.08. The van der Waals surface area contributed by atoms with Crippen LogP contribution in [0.5, 0.6) is 0 Å². The third kappa shape index (κ3) is 4.91. The first-order valence-electron chi connectivity index (χ1n) is 7.02. The molecule has 0 aromatic heterocycles. The van der Waals surface area contributed by atoms with Crippen molar-refractivity contribution in [2.24, 2.45) is 0 Å². The number of carbonyl (C=O) groups excluding carboxylic acids is 2. The first-order chi connectivity index (χ1) is 9.60. The van der Waals surface area contributed by atoms with E-state index in [2.05, 4.69) is 10.6 Å². The fourth-order valence-electron chi connectivity index (χ4n) is 1.79. The lowest BCUT2D eigenvalue weighted by atomic mass is 10.2. The maximum Gasteiger partial charge on any atom is 0.241 e. The molecule has 2 amide bonds. The second kappa shape index (κ2) is 8.19. The molecule has 0 aliphatic carbocycles. The second-order valence-electron chi connectivity index (χ2n) is 4.40. The fraction of sp³-hybridized carbons (Fsp3) is 0.467. The minimum atomic E-state index is -0.0116. The van der Waals surface area contributed by atoms with Gasteiger partial charge in [-0.25, -0.2) is 0 Å². The summed E-state index contributed by atoms with van der Waals surface area (Å²) in [5, 5.41) is 5.86. The summed E-state index contributed by atoms with van der Waals surface area (Å²) in [5.74, 6) is 0.0702. The molecule has 2 N–H and O–H groups in total. The first kappa shape index (κ1) is 16.0. The number of benzene rings is 1. The standard InChI is InChI=1S/C15H23N3O2/c1-4-14(19)17-13-9-7-12(8-10-13)16-11-15(20)18(5-2)6-3/h7-10,16H,4-6,11H2,1-3H3,(H,17,19). The Labute approximate surface area is 120 Å². The van der Waals surface area contributed by atoms with E-state index in [0.717, 1.165) is 24.5 Å². The molecule has 5 heteroatoms. The van der Waals surface area contributed by atoms with Crippen LogP contribution in [0.15, 0.2) is 24.3 Å². The van der Waals surface area contributed by atoms with Gasteiger partial charge in [0.1, 0.15) is 0 Å². The molecule has 1 aromatic carbocycles. The molecule has 0 aliphatic heterocycles. The van der Waals surface area contributed by atoms with Crippen LogP contribution < -0.4 is 10.6 Å². The minimum Gasteiger partial charge on any atom is -0.376 e. The zero-order valence-corrected chi connectivity index (χ0v) is 12.4. The third-order valence-corrected chi connectivity index (χ3v) is 3.05. The van der Waals surface area contributed by atoms with E-state index in [0.29, 0.717) is 6.42 Å². The topological polar surface area (TPSA) is 61.4 Å². The lowest BCUT2D eigenvalue weighted by Crippen LogP contribution is -2.35. The van der Waals surface area contributed by atoms with Gasteiger partial charge in [0.15, 0.2) is 0 Å². The summed E-state index contributed by atoms with van der Waals surface area (Å²) in [6, 6.07) is 7.33. The van der Waals surface area contributed by atoms with Crippen molar-refractivity contribution in [3.63, 3.8) is 0 Å². The molecule has 0 radical (unpaired) electrons. The fourth-order valence-corrected chi connectivity index (χ4v) is 1.79. The van der Waals surface area contributed by atoms with Crippen molar-refractivity contribution >= 4 is 23.2 Å². The molecule has 0 fully saturated rings. The largest absolute Gasteiger partial charge is 0.376 e. The molecular weight excluding hydrogens is 254 g/mol. The van der Waals surface area contributed by atoms with Crippen molar-refractivity contribution < 1.29 is 9.59 Å². The van der Waals surface area contributed by atoms with Crippen LogP contribution in [0.25, 0.3) is 0 Å². The molecule has 0 unspecified atom stereocenters. The number of nitrogens with zero attached hydrogens (tertiary/aromatic N) is 1. The summed E-state index contributed by atoms with van der Waals surface area (Å²) >= 11 is 0. The molecule has 0 atom stereocenters. The maximum absolute atomic E-state index is 11.8. The second-order valence-corrected chi connectivity index (χ2v) is 4.40. The molecule has 5 nitrogen and oxygen atoms in total. The minimum absolute atomic E-state index is 0.0116. The van der Waals surface area contributed by atoms with E-state index in [1.807, 2.05) is 45.0 Å². The van der Waals surface area contributed by atoms with E-state index in [4.69, 9.17) is 0 Å².